The number of nitrogens with one attached hydrogen (secondary N) is 1. The van der Waals surface area contributed by atoms with E-state index in [1.54, 1.807) is 0 Å². The summed E-state index contributed by atoms with van der Waals surface area (Å²) in [6, 6.07) is 0. The molecule has 23 heavy (non-hydrogen) atoms. The van der Waals surface area contributed by atoms with Crippen LogP contribution in [0, 0.1) is 11.3 Å². The first kappa shape index (κ1) is 16.5. The zero-order chi connectivity index (χ0) is 16.3. The molecule has 4 nitrogen and oxygen atoms in total. The number of amides is 2. The number of nitrogens with zero attached hydrogens (tertiary/aromatic N) is 1. The predicted molar refractivity (Wildman–Crippen MR) is 90.6 cm³/mol. The topological polar surface area (TPSA) is 49.4 Å². The third-order valence-corrected chi connectivity index (χ3v) is 6.17. The fourth-order valence-corrected chi connectivity index (χ4v) is 4.68. The van der Waals surface area contributed by atoms with Crippen LogP contribution in [0.15, 0.2) is 11.8 Å². The number of rotatable bonds is 5. The molecule has 1 aliphatic heterocycles. The van der Waals surface area contributed by atoms with Gasteiger partial charge in [-0.15, -0.1) is 0 Å². The minimum absolute atomic E-state index is 0.00999. The molecule has 128 valence electrons. The van der Waals surface area contributed by atoms with Crippen molar-refractivity contribution < 1.29 is 9.59 Å². The molecular weight excluding hydrogens is 288 g/mol. The smallest absolute Gasteiger partial charge is 0.226 e. The van der Waals surface area contributed by atoms with Crippen molar-refractivity contribution >= 4 is 11.8 Å². The molecule has 1 saturated heterocycles. The van der Waals surface area contributed by atoms with Gasteiger partial charge in [0, 0.05) is 37.5 Å². The third-order valence-electron chi connectivity index (χ3n) is 6.17. The van der Waals surface area contributed by atoms with E-state index in [-0.39, 0.29) is 17.2 Å². The summed E-state index contributed by atoms with van der Waals surface area (Å²) < 4.78 is 0. The van der Waals surface area contributed by atoms with Gasteiger partial charge in [0.25, 0.3) is 0 Å². The summed E-state index contributed by atoms with van der Waals surface area (Å²) in [7, 11) is 1.88. The number of piperidine rings is 1. The Hall–Kier alpha value is -1.32. The second kappa shape index (κ2) is 7.06. The van der Waals surface area contributed by atoms with E-state index in [0.717, 1.165) is 43.7 Å². The van der Waals surface area contributed by atoms with E-state index in [9.17, 15) is 9.59 Å². The maximum absolute atomic E-state index is 12.2. The molecule has 3 rings (SSSR count). The average molecular weight is 318 g/mol. The van der Waals surface area contributed by atoms with E-state index in [1.165, 1.54) is 25.7 Å². The molecule has 0 radical (unpaired) electrons. The van der Waals surface area contributed by atoms with Crippen molar-refractivity contribution in [2.75, 3.05) is 13.6 Å². The lowest BCUT2D eigenvalue weighted by Crippen LogP contribution is -2.49. The van der Waals surface area contributed by atoms with Crippen molar-refractivity contribution in [2.45, 2.75) is 70.6 Å². The second-order valence-corrected chi connectivity index (χ2v) is 7.68. The van der Waals surface area contributed by atoms with Crippen LogP contribution in [0.2, 0.25) is 0 Å². The van der Waals surface area contributed by atoms with Gasteiger partial charge in [0.2, 0.25) is 11.8 Å². The number of likely N-dealkylation sites (tertiary alicyclic amines) is 1. The zero-order valence-electron chi connectivity index (χ0n) is 14.4. The number of hydrogen-bond donors (Lipinski definition) is 1. The molecular formula is C19H30N2O2. The molecule has 0 spiro atoms. The minimum Gasteiger partial charge on any atom is -0.355 e. The lowest BCUT2D eigenvalue weighted by atomic mass is 9.70. The van der Waals surface area contributed by atoms with Crippen LogP contribution in [0.25, 0.3) is 0 Å². The number of hydrogen-bond acceptors (Lipinski definition) is 2. The van der Waals surface area contributed by atoms with E-state index < -0.39 is 0 Å². The highest BCUT2D eigenvalue weighted by Crippen LogP contribution is 2.45. The fraction of sp³-hybridized carbons (Fsp3) is 0.789. The van der Waals surface area contributed by atoms with E-state index in [1.807, 2.05) is 11.9 Å². The molecule has 1 saturated carbocycles. The Balaban J connectivity index is 1.55. The summed E-state index contributed by atoms with van der Waals surface area (Å²) in [6.07, 6.45) is 14.0. The van der Waals surface area contributed by atoms with Crippen molar-refractivity contribution in [3.63, 3.8) is 0 Å². The van der Waals surface area contributed by atoms with Crippen LogP contribution >= 0.6 is 0 Å². The highest BCUT2D eigenvalue weighted by molar-refractivity contribution is 5.80. The first-order chi connectivity index (χ1) is 11.1. The summed E-state index contributed by atoms with van der Waals surface area (Å²) in [5.74, 6) is 1.17. The van der Waals surface area contributed by atoms with E-state index in [4.69, 9.17) is 0 Å². The van der Waals surface area contributed by atoms with Gasteiger partial charge in [0.1, 0.15) is 0 Å². The van der Waals surface area contributed by atoms with Crippen molar-refractivity contribution in [3.05, 3.63) is 11.8 Å². The molecule has 2 fully saturated rings. The normalized spacial score (nSPS) is 28.5. The fourth-order valence-electron chi connectivity index (χ4n) is 4.68. The van der Waals surface area contributed by atoms with Crippen molar-refractivity contribution in [2.24, 2.45) is 11.3 Å². The van der Waals surface area contributed by atoms with Gasteiger partial charge in [0.15, 0.2) is 0 Å². The lowest BCUT2D eigenvalue weighted by molar-refractivity contribution is -0.132. The molecule has 2 amide bonds. The number of fused-ring (bicyclic) bond motifs is 1. The lowest BCUT2D eigenvalue weighted by Gasteiger charge is -2.46. The van der Waals surface area contributed by atoms with Crippen LogP contribution in [-0.2, 0) is 9.59 Å². The van der Waals surface area contributed by atoms with Gasteiger partial charge in [0.05, 0.1) is 0 Å². The van der Waals surface area contributed by atoms with Gasteiger partial charge in [-0.25, -0.2) is 0 Å². The second-order valence-electron chi connectivity index (χ2n) is 7.68. The molecule has 1 N–H and O–H groups in total. The van der Waals surface area contributed by atoms with Gasteiger partial charge in [-0.2, -0.15) is 0 Å². The number of carbonyl (C=O) groups excluding carboxylic acids is 2. The van der Waals surface area contributed by atoms with Crippen LogP contribution in [0.3, 0.4) is 0 Å². The Morgan fingerprint density at radius 1 is 1.30 bits per heavy atom. The monoisotopic (exact) mass is 318 g/mol. The molecule has 0 aromatic rings. The Morgan fingerprint density at radius 3 is 2.87 bits per heavy atom. The minimum atomic E-state index is -0.00999. The van der Waals surface area contributed by atoms with E-state index in [0.29, 0.717) is 19.4 Å². The van der Waals surface area contributed by atoms with Crippen LogP contribution in [0.1, 0.15) is 70.6 Å². The summed E-state index contributed by atoms with van der Waals surface area (Å²) in [5.41, 5.74) is 1.14. The highest BCUT2D eigenvalue weighted by Gasteiger charge is 2.43. The van der Waals surface area contributed by atoms with Crippen molar-refractivity contribution in [3.8, 4) is 0 Å². The van der Waals surface area contributed by atoms with Crippen LogP contribution < -0.4 is 5.32 Å². The van der Waals surface area contributed by atoms with Gasteiger partial charge in [-0.05, 0) is 38.0 Å². The van der Waals surface area contributed by atoms with E-state index in [2.05, 4.69) is 11.4 Å². The van der Waals surface area contributed by atoms with Crippen molar-refractivity contribution in [1.82, 2.24) is 10.2 Å². The first-order valence-electron chi connectivity index (χ1n) is 9.35. The Morgan fingerprint density at radius 2 is 2.09 bits per heavy atom. The maximum Gasteiger partial charge on any atom is 0.226 e. The van der Waals surface area contributed by atoms with Gasteiger partial charge in [-0.3, -0.25) is 9.59 Å². The summed E-state index contributed by atoms with van der Waals surface area (Å²) >= 11 is 0. The highest BCUT2D eigenvalue weighted by atomic mass is 16.2. The summed E-state index contributed by atoms with van der Waals surface area (Å²) in [4.78, 5) is 26.1. The Bertz CT molecular complexity index is 494. The molecule has 0 bridgehead atoms. The molecule has 1 heterocycles. The summed E-state index contributed by atoms with van der Waals surface area (Å²) in [6.45, 7) is 0.694. The Labute approximate surface area is 139 Å². The van der Waals surface area contributed by atoms with Gasteiger partial charge < -0.3 is 10.2 Å². The molecule has 2 aliphatic carbocycles. The van der Waals surface area contributed by atoms with Crippen molar-refractivity contribution in [1.29, 1.82) is 0 Å². The molecule has 3 aliphatic rings. The molecule has 1 unspecified atom stereocenters. The van der Waals surface area contributed by atoms with Crippen LogP contribution in [0.4, 0.5) is 0 Å². The SMILES string of the molecule is CN1C(=O)CCC2(CNC(=O)CCC3CCCC3)CCCC=C12. The largest absolute Gasteiger partial charge is 0.355 e. The van der Waals surface area contributed by atoms with Gasteiger partial charge in [-0.1, -0.05) is 31.8 Å². The van der Waals surface area contributed by atoms with E-state index >= 15 is 0 Å². The maximum atomic E-state index is 12.2. The zero-order valence-corrected chi connectivity index (χ0v) is 14.4. The van der Waals surface area contributed by atoms with Crippen LogP contribution in [0.5, 0.6) is 0 Å². The first-order valence-corrected chi connectivity index (χ1v) is 9.35. The molecule has 0 aromatic heterocycles. The predicted octanol–water partition coefficient (Wildman–Crippen LogP) is 3.38. The molecule has 1 atom stereocenters. The molecule has 0 aromatic carbocycles. The summed E-state index contributed by atoms with van der Waals surface area (Å²) in [5, 5.41) is 3.18. The quantitative estimate of drug-likeness (QED) is 0.845. The van der Waals surface area contributed by atoms with Crippen LogP contribution in [-0.4, -0.2) is 30.3 Å². The van der Waals surface area contributed by atoms with Gasteiger partial charge >= 0.3 is 0 Å². The number of carbonyl (C=O) groups is 2. The standard InChI is InChI=1S/C19H30N2O2/c1-21-16-8-4-5-12-19(16,13-11-18(21)23)14-20-17(22)10-9-15-6-2-3-7-15/h8,15H,2-7,9-14H2,1H3,(H,20,22). The number of allylic oxidation sites excluding steroid dienone is 1. The Kier molecular flexibility index (Phi) is 5.08. The molecule has 4 heteroatoms. The average Bonchev–Trinajstić information content (AvgIpc) is 3.08. The third kappa shape index (κ3) is 3.61.